The molecule has 1 saturated heterocycles. The summed E-state index contributed by atoms with van der Waals surface area (Å²) in [7, 11) is -2.92. The number of morpholine rings is 1. The molecule has 0 radical (unpaired) electrons. The Labute approximate surface area is 104 Å². The Balaban J connectivity index is 2.41. The van der Waals surface area contributed by atoms with Crippen LogP contribution in [0.25, 0.3) is 0 Å². The second-order valence-corrected chi connectivity index (χ2v) is 6.97. The molecule has 102 valence electrons. The van der Waals surface area contributed by atoms with E-state index in [1.807, 2.05) is 13.8 Å². The fourth-order valence-corrected chi connectivity index (χ4v) is 3.47. The van der Waals surface area contributed by atoms with E-state index in [4.69, 9.17) is 9.84 Å². The molecule has 1 fully saturated rings. The quantitative estimate of drug-likeness (QED) is 0.726. The zero-order valence-corrected chi connectivity index (χ0v) is 11.4. The molecule has 1 rings (SSSR count). The van der Waals surface area contributed by atoms with Gasteiger partial charge in [0.15, 0.2) is 9.84 Å². The molecule has 0 aliphatic carbocycles. The number of hydrogen-bond acceptors (Lipinski definition) is 5. The van der Waals surface area contributed by atoms with Gasteiger partial charge in [0, 0.05) is 25.4 Å². The molecule has 0 saturated carbocycles. The van der Waals surface area contributed by atoms with Crippen molar-refractivity contribution < 1.29 is 18.3 Å². The maximum Gasteiger partial charge on any atom is 0.151 e. The fraction of sp³-hybridized carbons (Fsp3) is 1.00. The van der Waals surface area contributed by atoms with Crippen LogP contribution in [-0.2, 0) is 14.6 Å². The highest BCUT2D eigenvalue weighted by Gasteiger charge is 2.25. The van der Waals surface area contributed by atoms with E-state index < -0.39 is 9.84 Å². The molecule has 6 heteroatoms. The first-order valence-electron chi connectivity index (χ1n) is 6.16. The Morgan fingerprint density at radius 1 is 1.35 bits per heavy atom. The van der Waals surface area contributed by atoms with Crippen LogP contribution in [0.2, 0.25) is 0 Å². The van der Waals surface area contributed by atoms with Crippen molar-refractivity contribution in [3.05, 3.63) is 0 Å². The largest absolute Gasteiger partial charge is 0.394 e. The number of aliphatic hydroxyl groups excluding tert-OH is 1. The molecule has 0 aromatic heterocycles. The van der Waals surface area contributed by atoms with Crippen LogP contribution in [0.1, 0.15) is 20.3 Å². The molecular formula is C11H23NO4S. The summed E-state index contributed by atoms with van der Waals surface area (Å²) >= 11 is 0. The molecule has 5 nitrogen and oxygen atoms in total. The summed E-state index contributed by atoms with van der Waals surface area (Å²) in [6.07, 6.45) is 0.531. The average Bonchev–Trinajstić information content (AvgIpc) is 2.26. The van der Waals surface area contributed by atoms with Crippen LogP contribution >= 0.6 is 0 Å². The number of ether oxygens (including phenoxy) is 1. The van der Waals surface area contributed by atoms with Crippen molar-refractivity contribution in [2.45, 2.75) is 32.5 Å². The van der Waals surface area contributed by atoms with Gasteiger partial charge in [0.05, 0.1) is 24.6 Å². The predicted octanol–water partition coefficient (Wildman–Crippen LogP) is -0.107. The highest BCUT2D eigenvalue weighted by molar-refractivity contribution is 7.91. The van der Waals surface area contributed by atoms with Crippen molar-refractivity contribution in [3.8, 4) is 0 Å². The summed E-state index contributed by atoms with van der Waals surface area (Å²) in [6.45, 7) is 5.68. The molecule has 0 amide bonds. The van der Waals surface area contributed by atoms with Gasteiger partial charge < -0.3 is 9.84 Å². The summed E-state index contributed by atoms with van der Waals surface area (Å²) in [5.74, 6) is 0.460. The molecule has 17 heavy (non-hydrogen) atoms. The van der Waals surface area contributed by atoms with Crippen molar-refractivity contribution in [1.82, 2.24) is 4.90 Å². The molecule has 1 aliphatic rings. The first-order valence-corrected chi connectivity index (χ1v) is 7.98. The van der Waals surface area contributed by atoms with E-state index >= 15 is 0 Å². The number of aliphatic hydroxyl groups is 1. The van der Waals surface area contributed by atoms with Gasteiger partial charge in [0.25, 0.3) is 0 Å². The monoisotopic (exact) mass is 265 g/mol. The van der Waals surface area contributed by atoms with Crippen molar-refractivity contribution in [3.63, 3.8) is 0 Å². The lowest BCUT2D eigenvalue weighted by Gasteiger charge is -2.35. The summed E-state index contributed by atoms with van der Waals surface area (Å²) in [4.78, 5) is 2.06. The van der Waals surface area contributed by atoms with E-state index in [0.717, 1.165) is 6.54 Å². The SMILES string of the molecule is CCCS(=O)(=O)CCN1CC(C)OC(CO)C1. The van der Waals surface area contributed by atoms with Crippen molar-refractivity contribution >= 4 is 9.84 Å². The van der Waals surface area contributed by atoms with Crippen LogP contribution in [0.5, 0.6) is 0 Å². The number of hydrogen-bond donors (Lipinski definition) is 1. The second-order valence-electron chi connectivity index (χ2n) is 4.66. The van der Waals surface area contributed by atoms with Crippen LogP contribution in [0.15, 0.2) is 0 Å². The highest BCUT2D eigenvalue weighted by atomic mass is 32.2. The average molecular weight is 265 g/mol. The van der Waals surface area contributed by atoms with Gasteiger partial charge in [0.1, 0.15) is 0 Å². The molecule has 2 atom stereocenters. The molecule has 0 spiro atoms. The number of sulfone groups is 1. The first-order chi connectivity index (χ1) is 7.96. The number of rotatable bonds is 6. The summed E-state index contributed by atoms with van der Waals surface area (Å²) in [5, 5.41) is 9.07. The van der Waals surface area contributed by atoms with Crippen LogP contribution < -0.4 is 0 Å². The summed E-state index contributed by atoms with van der Waals surface area (Å²) < 4.78 is 28.7. The van der Waals surface area contributed by atoms with Gasteiger partial charge >= 0.3 is 0 Å². The molecule has 1 N–H and O–H groups in total. The Morgan fingerprint density at radius 2 is 2.06 bits per heavy atom. The maximum absolute atomic E-state index is 11.6. The number of nitrogens with zero attached hydrogens (tertiary/aromatic N) is 1. The zero-order chi connectivity index (χ0) is 12.9. The van der Waals surface area contributed by atoms with E-state index in [1.54, 1.807) is 0 Å². The zero-order valence-electron chi connectivity index (χ0n) is 10.6. The molecule has 1 heterocycles. The van der Waals surface area contributed by atoms with E-state index in [0.29, 0.717) is 19.5 Å². The van der Waals surface area contributed by atoms with Gasteiger partial charge in [-0.2, -0.15) is 0 Å². The summed E-state index contributed by atoms with van der Waals surface area (Å²) in [6, 6.07) is 0. The minimum atomic E-state index is -2.92. The molecule has 0 aromatic rings. The van der Waals surface area contributed by atoms with Gasteiger partial charge in [-0.25, -0.2) is 8.42 Å². The van der Waals surface area contributed by atoms with Crippen LogP contribution in [0.4, 0.5) is 0 Å². The molecular weight excluding hydrogens is 242 g/mol. The standard InChI is InChI=1S/C11H23NO4S/c1-3-5-17(14,15)6-4-12-7-10(2)16-11(8-12)9-13/h10-11,13H,3-9H2,1-2H3. The minimum Gasteiger partial charge on any atom is -0.394 e. The van der Waals surface area contributed by atoms with Gasteiger partial charge in [-0.1, -0.05) is 6.92 Å². The van der Waals surface area contributed by atoms with E-state index in [-0.39, 0.29) is 30.3 Å². The first kappa shape index (κ1) is 14.9. The third-order valence-electron chi connectivity index (χ3n) is 2.84. The molecule has 0 aromatic carbocycles. The third-order valence-corrected chi connectivity index (χ3v) is 4.67. The molecule has 0 bridgehead atoms. The maximum atomic E-state index is 11.6. The van der Waals surface area contributed by atoms with E-state index in [9.17, 15) is 8.42 Å². The van der Waals surface area contributed by atoms with E-state index in [1.165, 1.54) is 0 Å². The van der Waals surface area contributed by atoms with Crippen LogP contribution in [0.3, 0.4) is 0 Å². The fourth-order valence-electron chi connectivity index (χ4n) is 2.11. The smallest absolute Gasteiger partial charge is 0.151 e. The van der Waals surface area contributed by atoms with Gasteiger partial charge in [-0.15, -0.1) is 0 Å². The van der Waals surface area contributed by atoms with Gasteiger partial charge in [-0.3, -0.25) is 4.90 Å². The highest BCUT2D eigenvalue weighted by Crippen LogP contribution is 2.10. The lowest BCUT2D eigenvalue weighted by molar-refractivity contribution is -0.0936. The van der Waals surface area contributed by atoms with Crippen LogP contribution in [-0.4, -0.2) is 68.4 Å². The van der Waals surface area contributed by atoms with Crippen molar-refractivity contribution in [2.24, 2.45) is 0 Å². The molecule has 2 unspecified atom stereocenters. The second kappa shape index (κ2) is 6.68. The van der Waals surface area contributed by atoms with Crippen molar-refractivity contribution in [1.29, 1.82) is 0 Å². The Bertz CT molecular complexity index is 317. The molecule has 1 aliphatic heterocycles. The normalized spacial score (nSPS) is 27.2. The van der Waals surface area contributed by atoms with Gasteiger partial charge in [-0.05, 0) is 13.3 Å². The third kappa shape index (κ3) is 5.33. The lowest BCUT2D eigenvalue weighted by atomic mass is 10.2. The van der Waals surface area contributed by atoms with E-state index in [2.05, 4.69) is 4.90 Å². The van der Waals surface area contributed by atoms with Crippen molar-refractivity contribution in [2.75, 3.05) is 37.7 Å². The Hall–Kier alpha value is -0.170. The summed E-state index contributed by atoms with van der Waals surface area (Å²) in [5.41, 5.74) is 0. The topological polar surface area (TPSA) is 66.8 Å². The van der Waals surface area contributed by atoms with Crippen LogP contribution in [0, 0.1) is 0 Å². The minimum absolute atomic E-state index is 0.0114. The Morgan fingerprint density at radius 3 is 2.65 bits per heavy atom. The van der Waals surface area contributed by atoms with Gasteiger partial charge in [0.2, 0.25) is 0 Å². The predicted molar refractivity (Wildman–Crippen MR) is 66.8 cm³/mol. The Kier molecular flexibility index (Phi) is 5.85. The lowest BCUT2D eigenvalue weighted by Crippen LogP contribution is -2.49.